The third-order valence-electron chi connectivity index (χ3n) is 4.74. The molecule has 2 aromatic rings. The van der Waals surface area contributed by atoms with Crippen molar-refractivity contribution in [2.45, 2.75) is 52.7 Å². The van der Waals surface area contributed by atoms with Gasteiger partial charge in [0.25, 0.3) is 0 Å². The van der Waals surface area contributed by atoms with Gasteiger partial charge in [-0.15, -0.1) is 0 Å². The maximum absolute atomic E-state index is 13.2. The fourth-order valence-electron chi connectivity index (χ4n) is 3.49. The second kappa shape index (κ2) is 8.44. The van der Waals surface area contributed by atoms with Crippen LogP contribution in [0.15, 0.2) is 36.4 Å². The highest BCUT2D eigenvalue weighted by Crippen LogP contribution is 2.40. The molecule has 2 N–H and O–H groups in total. The average molecular weight is 466 g/mol. The van der Waals surface area contributed by atoms with Crippen LogP contribution in [0.25, 0.3) is 5.57 Å². The molecule has 0 fully saturated rings. The third kappa shape index (κ3) is 4.85. The zero-order valence-electron chi connectivity index (χ0n) is 19.8. The Labute approximate surface area is 196 Å². The number of phenols is 2. The Morgan fingerprint density at radius 3 is 1.97 bits per heavy atom. The highest BCUT2D eigenvalue weighted by Gasteiger charge is 2.36. The van der Waals surface area contributed by atoms with Crippen LogP contribution in [-0.2, 0) is 19.1 Å². The van der Waals surface area contributed by atoms with Gasteiger partial charge in [-0.2, -0.15) is 0 Å². The molecule has 8 nitrogen and oxygen atoms in total. The minimum absolute atomic E-state index is 0.00122. The van der Waals surface area contributed by atoms with E-state index in [1.165, 1.54) is 30.3 Å². The highest BCUT2D eigenvalue weighted by molar-refractivity contribution is 6.31. The van der Waals surface area contributed by atoms with Crippen LogP contribution < -0.4 is 0 Å². The lowest BCUT2D eigenvalue weighted by Crippen LogP contribution is -2.26. The van der Waals surface area contributed by atoms with Gasteiger partial charge in [0.2, 0.25) is 5.78 Å². The number of hydrogen-bond acceptors (Lipinski definition) is 8. The number of esters is 2. The van der Waals surface area contributed by atoms with Crippen LogP contribution in [0.5, 0.6) is 11.5 Å². The lowest BCUT2D eigenvalue weighted by Gasteiger charge is -2.23. The molecule has 0 unspecified atom stereocenters. The van der Waals surface area contributed by atoms with Crippen molar-refractivity contribution >= 4 is 29.1 Å². The van der Waals surface area contributed by atoms with E-state index >= 15 is 0 Å². The summed E-state index contributed by atoms with van der Waals surface area (Å²) in [6, 6.07) is 6.63. The van der Waals surface area contributed by atoms with Crippen molar-refractivity contribution in [3.63, 3.8) is 0 Å². The first kappa shape index (κ1) is 24.7. The van der Waals surface area contributed by atoms with E-state index in [1.807, 2.05) is 0 Å². The first-order valence-corrected chi connectivity index (χ1v) is 10.6. The number of rotatable bonds is 3. The molecule has 178 valence electrons. The number of aromatic hydroxyl groups is 2. The largest absolute Gasteiger partial charge is 0.507 e. The summed E-state index contributed by atoms with van der Waals surface area (Å²) in [5.41, 5.74) is -3.05. The normalized spacial score (nSPS) is 13.8. The van der Waals surface area contributed by atoms with Crippen molar-refractivity contribution in [3.8, 4) is 11.5 Å². The predicted octanol–water partition coefficient (Wildman–Crippen LogP) is 3.94. The van der Waals surface area contributed by atoms with Crippen LogP contribution in [0.4, 0.5) is 0 Å². The van der Waals surface area contributed by atoms with Gasteiger partial charge in [0.05, 0.1) is 16.7 Å². The Morgan fingerprint density at radius 1 is 0.794 bits per heavy atom. The molecule has 3 rings (SSSR count). The van der Waals surface area contributed by atoms with Crippen molar-refractivity contribution in [1.82, 2.24) is 0 Å². The summed E-state index contributed by atoms with van der Waals surface area (Å²) in [6.45, 7) is 9.84. The van der Waals surface area contributed by atoms with E-state index in [0.29, 0.717) is 0 Å². The summed E-state index contributed by atoms with van der Waals surface area (Å²) < 4.78 is 10.7. The summed E-state index contributed by atoms with van der Waals surface area (Å²) >= 11 is 0. The minimum atomic E-state index is -0.938. The minimum Gasteiger partial charge on any atom is -0.507 e. The van der Waals surface area contributed by atoms with Crippen LogP contribution in [-0.4, -0.2) is 44.9 Å². The maximum Gasteiger partial charge on any atom is 0.339 e. The van der Waals surface area contributed by atoms with Crippen molar-refractivity contribution in [2.24, 2.45) is 0 Å². The molecule has 0 radical (unpaired) electrons. The van der Waals surface area contributed by atoms with Gasteiger partial charge < -0.3 is 19.7 Å². The molecule has 0 saturated heterocycles. The topological polar surface area (TPSA) is 127 Å². The molecule has 34 heavy (non-hydrogen) atoms. The number of hydrogen-bond donors (Lipinski definition) is 2. The van der Waals surface area contributed by atoms with Gasteiger partial charge in [0, 0.05) is 22.8 Å². The lowest BCUT2D eigenvalue weighted by atomic mass is 9.81. The van der Waals surface area contributed by atoms with E-state index in [2.05, 4.69) is 0 Å². The van der Waals surface area contributed by atoms with Crippen LogP contribution >= 0.6 is 0 Å². The number of ether oxygens (including phenoxy) is 2. The summed E-state index contributed by atoms with van der Waals surface area (Å²) in [4.78, 5) is 51.6. The summed E-state index contributed by atoms with van der Waals surface area (Å²) in [6.07, 6.45) is 0.876. The van der Waals surface area contributed by atoms with E-state index in [-0.39, 0.29) is 33.4 Å². The maximum atomic E-state index is 13.2. The number of phenolic OH excluding ortho intramolecular Hbond substituents is 2. The molecule has 0 amide bonds. The highest BCUT2D eigenvalue weighted by atomic mass is 16.6. The third-order valence-corrected chi connectivity index (χ3v) is 4.74. The summed E-state index contributed by atoms with van der Waals surface area (Å²) in [5, 5.41) is 21.2. The van der Waals surface area contributed by atoms with E-state index < -0.39 is 46.2 Å². The molecule has 0 bridgehead atoms. The quantitative estimate of drug-likeness (QED) is 0.439. The van der Waals surface area contributed by atoms with Crippen LogP contribution in [0.2, 0.25) is 0 Å². The SMILES string of the molecule is CC(C)(C)OC(=O)/C=C(/C(=O)OC(C)(C)C)c1ccc2c(c1O)C(=O)c1c(O)cccc1C2=O. The molecule has 2 aromatic carbocycles. The van der Waals surface area contributed by atoms with E-state index in [4.69, 9.17) is 9.47 Å². The molecule has 0 atom stereocenters. The molecular weight excluding hydrogens is 440 g/mol. The van der Waals surface area contributed by atoms with Crippen LogP contribution in [0.1, 0.15) is 78.9 Å². The average Bonchev–Trinajstić information content (AvgIpc) is 2.67. The van der Waals surface area contributed by atoms with Gasteiger partial charge in [-0.3, -0.25) is 9.59 Å². The molecule has 0 saturated carbocycles. The molecule has 1 aliphatic carbocycles. The first-order chi connectivity index (χ1) is 15.6. The monoisotopic (exact) mass is 466 g/mol. The number of ketones is 2. The van der Waals surface area contributed by atoms with Crippen molar-refractivity contribution in [1.29, 1.82) is 0 Å². The lowest BCUT2D eigenvalue weighted by molar-refractivity contribution is -0.150. The van der Waals surface area contributed by atoms with E-state index in [0.717, 1.165) is 6.08 Å². The van der Waals surface area contributed by atoms with Gasteiger partial charge in [0.15, 0.2) is 5.78 Å². The Hall–Kier alpha value is -3.94. The first-order valence-electron chi connectivity index (χ1n) is 10.6. The Kier molecular flexibility index (Phi) is 6.13. The Balaban J connectivity index is 2.20. The van der Waals surface area contributed by atoms with Crippen LogP contribution in [0.3, 0.4) is 0 Å². The fraction of sp³-hybridized carbons (Fsp3) is 0.308. The molecule has 1 aliphatic rings. The van der Waals surface area contributed by atoms with Gasteiger partial charge in [-0.25, -0.2) is 9.59 Å². The van der Waals surface area contributed by atoms with Gasteiger partial charge in [-0.05, 0) is 59.7 Å². The summed E-state index contributed by atoms with van der Waals surface area (Å²) in [5.74, 6) is -4.27. The number of carbonyl (C=O) groups excluding carboxylic acids is 4. The van der Waals surface area contributed by atoms with Crippen molar-refractivity contribution in [2.75, 3.05) is 0 Å². The molecule has 0 spiro atoms. The smallest absolute Gasteiger partial charge is 0.339 e. The van der Waals surface area contributed by atoms with Gasteiger partial charge in [-0.1, -0.05) is 12.1 Å². The molecule has 0 aromatic heterocycles. The molecule has 8 heteroatoms. The molecule has 0 heterocycles. The fourth-order valence-corrected chi connectivity index (χ4v) is 3.49. The molecular formula is C26H26O8. The summed E-state index contributed by atoms with van der Waals surface area (Å²) in [7, 11) is 0. The standard InChI is InChI=1S/C26H26O8/c1-25(2,3)33-18(28)12-16(24(32)34-26(4,5)6)13-10-11-15-20(22(13)30)23(31)19-14(21(15)29)8-7-9-17(19)27/h7-12,27,30H,1-6H3/b16-12+. The van der Waals surface area contributed by atoms with E-state index in [1.54, 1.807) is 41.5 Å². The zero-order chi connectivity index (χ0) is 25.6. The van der Waals surface area contributed by atoms with Crippen molar-refractivity contribution in [3.05, 3.63) is 64.2 Å². The van der Waals surface area contributed by atoms with Crippen LogP contribution in [0, 0.1) is 0 Å². The zero-order valence-corrected chi connectivity index (χ0v) is 19.8. The predicted molar refractivity (Wildman–Crippen MR) is 123 cm³/mol. The van der Waals surface area contributed by atoms with Gasteiger partial charge >= 0.3 is 11.9 Å². The second-order valence-corrected chi connectivity index (χ2v) is 9.84. The second-order valence-electron chi connectivity index (χ2n) is 9.84. The number of benzene rings is 2. The Bertz CT molecular complexity index is 1250. The number of fused-ring (bicyclic) bond motifs is 2. The van der Waals surface area contributed by atoms with E-state index in [9.17, 15) is 29.4 Å². The van der Waals surface area contributed by atoms with Gasteiger partial charge in [0.1, 0.15) is 22.7 Å². The Morgan fingerprint density at radius 2 is 1.38 bits per heavy atom. The van der Waals surface area contributed by atoms with Crippen molar-refractivity contribution < 1.29 is 38.9 Å². The number of carbonyl (C=O) groups is 4. The molecule has 0 aliphatic heterocycles.